The van der Waals surface area contributed by atoms with Gasteiger partial charge in [-0.05, 0) is 26.3 Å². The average Bonchev–Trinajstić information content (AvgIpc) is 2.38. The largest absolute Gasteiger partial charge is 0.370 e. The fraction of sp³-hybridized carbons (Fsp3) is 0.267. The van der Waals surface area contributed by atoms with Crippen molar-refractivity contribution in [3.63, 3.8) is 0 Å². The van der Waals surface area contributed by atoms with Gasteiger partial charge >= 0.3 is 0 Å². The molecule has 104 valence electrons. The number of nitrogens with one attached hydrogen (secondary N) is 1. The quantitative estimate of drug-likeness (QED) is 0.680. The summed E-state index contributed by atoms with van der Waals surface area (Å²) in [5, 5.41) is 14.1. The van der Waals surface area contributed by atoms with E-state index >= 15 is 0 Å². The van der Waals surface area contributed by atoms with Crippen molar-refractivity contribution in [2.45, 2.75) is 20.8 Å². The van der Waals surface area contributed by atoms with Gasteiger partial charge in [0.2, 0.25) is 0 Å². The summed E-state index contributed by atoms with van der Waals surface area (Å²) in [5.41, 5.74) is 3.79. The zero-order valence-corrected chi connectivity index (χ0v) is 11.8. The lowest BCUT2D eigenvalue weighted by molar-refractivity contribution is -0.384. The molecule has 0 atom stereocenters. The summed E-state index contributed by atoms with van der Waals surface area (Å²) >= 11 is 0. The molecule has 0 aliphatic rings. The molecule has 0 saturated carbocycles. The Balaban J connectivity index is 2.57. The van der Waals surface area contributed by atoms with Crippen LogP contribution in [0.2, 0.25) is 0 Å². The Morgan fingerprint density at radius 2 is 2.00 bits per heavy atom. The van der Waals surface area contributed by atoms with E-state index in [2.05, 4.69) is 10.3 Å². The Bertz CT molecular complexity index is 654. The first kappa shape index (κ1) is 14.0. The van der Waals surface area contributed by atoms with Gasteiger partial charge in [-0.1, -0.05) is 23.8 Å². The van der Waals surface area contributed by atoms with E-state index in [-0.39, 0.29) is 5.69 Å². The molecule has 1 heterocycles. The van der Waals surface area contributed by atoms with Gasteiger partial charge in [-0.15, -0.1) is 0 Å². The average molecular weight is 271 g/mol. The first-order chi connectivity index (χ1) is 9.51. The predicted octanol–water partition coefficient (Wildman–Crippen LogP) is 3.71. The van der Waals surface area contributed by atoms with E-state index in [4.69, 9.17) is 0 Å². The maximum atomic E-state index is 11.0. The molecule has 1 aromatic heterocycles. The van der Waals surface area contributed by atoms with Crippen LogP contribution < -0.4 is 5.32 Å². The van der Waals surface area contributed by atoms with E-state index in [9.17, 15) is 10.1 Å². The molecule has 0 radical (unpaired) electrons. The third-order valence-corrected chi connectivity index (χ3v) is 3.04. The fourth-order valence-corrected chi connectivity index (χ4v) is 2.13. The lowest BCUT2D eigenvalue weighted by Gasteiger charge is -2.09. The van der Waals surface area contributed by atoms with Gasteiger partial charge in [0.15, 0.2) is 0 Å². The van der Waals surface area contributed by atoms with Gasteiger partial charge in [-0.2, -0.15) is 0 Å². The van der Waals surface area contributed by atoms with Crippen LogP contribution in [0, 0.1) is 24.0 Å². The molecule has 0 aliphatic carbocycles. The number of aryl methyl sites for hydroxylation is 2. The summed E-state index contributed by atoms with van der Waals surface area (Å²) in [6.45, 7) is 6.59. The number of rotatable bonds is 4. The standard InChI is InChI=1S/C15H17N3O2/c1-4-16-15-9-12(18(19)20)8-14(17-15)13-6-5-10(2)7-11(13)3/h5-9H,4H2,1-3H3,(H,16,17). The molecule has 0 aliphatic heterocycles. The molecular formula is C15H17N3O2. The van der Waals surface area contributed by atoms with Crippen molar-refractivity contribution in [1.29, 1.82) is 0 Å². The first-order valence-corrected chi connectivity index (χ1v) is 6.49. The summed E-state index contributed by atoms with van der Waals surface area (Å²) in [7, 11) is 0. The molecule has 1 N–H and O–H groups in total. The summed E-state index contributed by atoms with van der Waals surface area (Å²) < 4.78 is 0. The molecule has 0 spiro atoms. The molecule has 5 nitrogen and oxygen atoms in total. The van der Waals surface area contributed by atoms with E-state index in [0.29, 0.717) is 18.1 Å². The minimum absolute atomic E-state index is 0.0472. The third kappa shape index (κ3) is 2.93. The highest BCUT2D eigenvalue weighted by molar-refractivity contribution is 5.68. The van der Waals surface area contributed by atoms with Crippen LogP contribution in [0.1, 0.15) is 18.1 Å². The monoisotopic (exact) mass is 271 g/mol. The van der Waals surface area contributed by atoms with Gasteiger partial charge in [0.05, 0.1) is 16.7 Å². The zero-order valence-electron chi connectivity index (χ0n) is 11.8. The molecule has 5 heteroatoms. The Morgan fingerprint density at radius 1 is 1.25 bits per heavy atom. The van der Waals surface area contributed by atoms with Crippen LogP contribution >= 0.6 is 0 Å². The zero-order chi connectivity index (χ0) is 14.7. The minimum atomic E-state index is -0.393. The van der Waals surface area contributed by atoms with Crippen molar-refractivity contribution in [3.05, 3.63) is 51.6 Å². The molecule has 2 rings (SSSR count). The smallest absolute Gasteiger partial charge is 0.275 e. The van der Waals surface area contributed by atoms with Crippen molar-refractivity contribution in [2.24, 2.45) is 0 Å². The van der Waals surface area contributed by atoms with Gasteiger partial charge in [0.1, 0.15) is 5.82 Å². The SMILES string of the molecule is CCNc1cc([N+](=O)[O-])cc(-c2ccc(C)cc2C)n1. The van der Waals surface area contributed by atoms with E-state index in [1.165, 1.54) is 12.1 Å². The minimum Gasteiger partial charge on any atom is -0.370 e. The van der Waals surface area contributed by atoms with Crippen molar-refractivity contribution in [1.82, 2.24) is 4.98 Å². The number of hydrogen-bond acceptors (Lipinski definition) is 4. The maximum Gasteiger partial charge on any atom is 0.275 e. The first-order valence-electron chi connectivity index (χ1n) is 6.49. The highest BCUT2D eigenvalue weighted by atomic mass is 16.6. The van der Waals surface area contributed by atoms with E-state index in [0.717, 1.165) is 16.7 Å². The van der Waals surface area contributed by atoms with Crippen LogP contribution in [0.4, 0.5) is 11.5 Å². The Morgan fingerprint density at radius 3 is 2.60 bits per heavy atom. The highest BCUT2D eigenvalue weighted by Gasteiger charge is 2.13. The second-order valence-electron chi connectivity index (χ2n) is 4.70. The lowest BCUT2D eigenvalue weighted by atomic mass is 10.0. The third-order valence-electron chi connectivity index (χ3n) is 3.04. The van der Waals surface area contributed by atoms with E-state index in [1.807, 2.05) is 39.0 Å². The molecule has 0 unspecified atom stereocenters. The van der Waals surface area contributed by atoms with E-state index < -0.39 is 4.92 Å². The van der Waals surface area contributed by atoms with Crippen LogP contribution in [0.15, 0.2) is 30.3 Å². The summed E-state index contributed by atoms with van der Waals surface area (Å²) in [6, 6.07) is 8.94. The molecule has 0 bridgehead atoms. The molecule has 2 aromatic rings. The maximum absolute atomic E-state index is 11.0. The predicted molar refractivity (Wildman–Crippen MR) is 80.0 cm³/mol. The molecular weight excluding hydrogens is 254 g/mol. The Labute approximate surface area is 117 Å². The van der Waals surface area contributed by atoms with Gasteiger partial charge < -0.3 is 5.32 Å². The second kappa shape index (κ2) is 5.69. The number of nitro groups is 1. The van der Waals surface area contributed by atoms with Gasteiger partial charge in [-0.3, -0.25) is 10.1 Å². The van der Waals surface area contributed by atoms with E-state index in [1.54, 1.807) is 0 Å². The van der Waals surface area contributed by atoms with Crippen LogP contribution in [0.3, 0.4) is 0 Å². The van der Waals surface area contributed by atoms with Crippen molar-refractivity contribution in [3.8, 4) is 11.3 Å². The molecule has 20 heavy (non-hydrogen) atoms. The topological polar surface area (TPSA) is 68.1 Å². The lowest BCUT2D eigenvalue weighted by Crippen LogP contribution is -2.02. The number of nitrogens with zero attached hydrogens (tertiary/aromatic N) is 2. The summed E-state index contributed by atoms with van der Waals surface area (Å²) in [5.74, 6) is 0.525. The number of benzene rings is 1. The normalized spacial score (nSPS) is 10.3. The Kier molecular flexibility index (Phi) is 3.98. The Hall–Kier alpha value is -2.43. The number of aromatic nitrogens is 1. The van der Waals surface area contributed by atoms with Crippen LogP contribution in [0.25, 0.3) is 11.3 Å². The van der Waals surface area contributed by atoms with Crippen LogP contribution in [-0.2, 0) is 0 Å². The van der Waals surface area contributed by atoms with Gasteiger partial charge in [-0.25, -0.2) is 4.98 Å². The fourth-order valence-electron chi connectivity index (χ4n) is 2.13. The molecule has 1 aromatic carbocycles. The molecule has 0 saturated heterocycles. The molecule has 0 fully saturated rings. The highest BCUT2D eigenvalue weighted by Crippen LogP contribution is 2.28. The van der Waals surface area contributed by atoms with Gasteiger partial charge in [0.25, 0.3) is 5.69 Å². The molecule has 0 amide bonds. The summed E-state index contributed by atoms with van der Waals surface area (Å²) in [4.78, 5) is 15.1. The van der Waals surface area contributed by atoms with Crippen molar-refractivity contribution in [2.75, 3.05) is 11.9 Å². The van der Waals surface area contributed by atoms with Crippen LogP contribution in [0.5, 0.6) is 0 Å². The van der Waals surface area contributed by atoms with Crippen molar-refractivity contribution < 1.29 is 4.92 Å². The van der Waals surface area contributed by atoms with Crippen molar-refractivity contribution >= 4 is 11.5 Å². The van der Waals surface area contributed by atoms with Gasteiger partial charge in [0, 0.05) is 18.2 Å². The number of hydrogen-bond donors (Lipinski definition) is 1. The van der Waals surface area contributed by atoms with Crippen LogP contribution in [-0.4, -0.2) is 16.5 Å². The second-order valence-corrected chi connectivity index (χ2v) is 4.70. The number of pyridine rings is 1. The summed E-state index contributed by atoms with van der Waals surface area (Å²) in [6.07, 6.45) is 0. The number of anilines is 1.